The van der Waals surface area contributed by atoms with Gasteiger partial charge in [0.2, 0.25) is 5.91 Å². The molecule has 0 unspecified atom stereocenters. The van der Waals surface area contributed by atoms with E-state index in [0.29, 0.717) is 34.1 Å². The summed E-state index contributed by atoms with van der Waals surface area (Å²) in [5.41, 5.74) is 7.58. The molecule has 0 saturated carbocycles. The Morgan fingerprint density at radius 3 is 1.95 bits per heavy atom. The highest BCUT2D eigenvalue weighted by Gasteiger charge is 2.18. The van der Waals surface area contributed by atoms with E-state index in [-0.39, 0.29) is 23.0 Å². The van der Waals surface area contributed by atoms with Crippen molar-refractivity contribution in [3.8, 4) is 16.2 Å². The Morgan fingerprint density at radius 1 is 0.810 bits per heavy atom. The molecule has 4 rings (SSSR count). The minimum atomic E-state index is -0.444. The third-order valence-corrected chi connectivity index (χ3v) is 8.67. The van der Waals surface area contributed by atoms with Gasteiger partial charge in [-0.25, -0.2) is 5.43 Å². The van der Waals surface area contributed by atoms with E-state index in [0.717, 1.165) is 32.9 Å². The van der Waals surface area contributed by atoms with Crippen molar-refractivity contribution in [3.63, 3.8) is 0 Å². The summed E-state index contributed by atoms with van der Waals surface area (Å²) >= 11 is 2.48. The Hall–Kier alpha value is -4.28. The molecule has 0 fully saturated rings. The van der Waals surface area contributed by atoms with E-state index in [9.17, 15) is 19.5 Å². The molecule has 2 aromatic carbocycles. The van der Waals surface area contributed by atoms with Crippen molar-refractivity contribution in [2.45, 2.75) is 53.1 Å². The molecule has 0 aliphatic heterocycles. The van der Waals surface area contributed by atoms with E-state index in [1.807, 2.05) is 41.8 Å². The van der Waals surface area contributed by atoms with Crippen LogP contribution in [-0.2, 0) is 23.3 Å². The second-order valence-electron chi connectivity index (χ2n) is 10.9. The average molecular weight is 603 g/mol. The van der Waals surface area contributed by atoms with Crippen molar-refractivity contribution in [2.24, 2.45) is 5.10 Å². The number of rotatable bonds is 9. The molecule has 218 valence electrons. The number of amides is 3. The maximum absolute atomic E-state index is 12.7. The highest BCUT2D eigenvalue weighted by molar-refractivity contribution is 7.16. The third kappa shape index (κ3) is 7.71. The fraction of sp³-hybridized carbons (Fsp3) is 0.250. The summed E-state index contributed by atoms with van der Waals surface area (Å²) in [7, 11) is 0. The smallest absolute Gasteiger partial charge is 0.281 e. The number of benzene rings is 2. The number of hydrazone groups is 1. The van der Waals surface area contributed by atoms with Crippen LogP contribution in [0, 0.1) is 0 Å². The minimum Gasteiger partial charge on any atom is -0.506 e. The van der Waals surface area contributed by atoms with Gasteiger partial charge in [0.25, 0.3) is 11.8 Å². The van der Waals surface area contributed by atoms with Crippen LogP contribution in [0.5, 0.6) is 5.75 Å². The molecule has 4 N–H and O–H groups in total. The van der Waals surface area contributed by atoms with Gasteiger partial charge in [-0.2, -0.15) is 5.10 Å². The first kappa shape index (κ1) is 30.7. The summed E-state index contributed by atoms with van der Waals surface area (Å²) < 4.78 is 0. The van der Waals surface area contributed by atoms with Crippen LogP contribution in [0.25, 0.3) is 10.4 Å². The quantitative estimate of drug-likeness (QED) is 0.135. The number of carbonyl (C=O) groups excluding carboxylic acids is 3. The monoisotopic (exact) mass is 602 g/mol. The normalized spacial score (nSPS) is 11.7. The lowest BCUT2D eigenvalue weighted by Crippen LogP contribution is -2.22. The van der Waals surface area contributed by atoms with Gasteiger partial charge >= 0.3 is 0 Å². The van der Waals surface area contributed by atoms with Crippen LogP contribution in [-0.4, -0.2) is 28.5 Å². The highest BCUT2D eigenvalue weighted by Crippen LogP contribution is 2.39. The number of hydrogen-bond acceptors (Lipinski definition) is 7. The lowest BCUT2D eigenvalue weighted by atomic mass is 9.86. The minimum absolute atomic E-state index is 0.0413. The van der Waals surface area contributed by atoms with Gasteiger partial charge in [-0.05, 0) is 46.7 Å². The number of thiophene rings is 2. The van der Waals surface area contributed by atoms with Gasteiger partial charge < -0.3 is 15.7 Å². The number of aromatic hydroxyl groups is 1. The van der Waals surface area contributed by atoms with Gasteiger partial charge in [0.05, 0.1) is 25.9 Å². The Kier molecular flexibility index (Phi) is 9.59. The average Bonchev–Trinajstić information content (AvgIpc) is 3.61. The van der Waals surface area contributed by atoms with E-state index in [1.165, 1.54) is 23.8 Å². The van der Waals surface area contributed by atoms with E-state index in [4.69, 9.17) is 0 Å². The molecule has 4 aromatic rings. The van der Waals surface area contributed by atoms with Crippen molar-refractivity contribution >= 4 is 46.1 Å². The second-order valence-corrected chi connectivity index (χ2v) is 12.8. The molecule has 2 aromatic heterocycles. The van der Waals surface area contributed by atoms with Gasteiger partial charge in [0, 0.05) is 25.4 Å². The molecule has 0 aliphatic carbocycles. The molecule has 10 heteroatoms. The van der Waals surface area contributed by atoms with Gasteiger partial charge in [-0.1, -0.05) is 69.3 Å². The molecular weight excluding hydrogens is 569 g/mol. The molecule has 3 amide bonds. The zero-order valence-electron chi connectivity index (χ0n) is 24.2. The Morgan fingerprint density at radius 2 is 1.38 bits per heavy atom. The molecular formula is C32H34N4O4S2. The van der Waals surface area contributed by atoms with Crippen LogP contribution < -0.4 is 16.1 Å². The zero-order chi connectivity index (χ0) is 30.4. The number of nitrogens with zero attached hydrogens (tertiary/aromatic N) is 1. The van der Waals surface area contributed by atoms with E-state index in [2.05, 4.69) is 54.1 Å². The molecule has 8 nitrogen and oxygen atoms in total. The molecule has 0 aliphatic rings. The topological polar surface area (TPSA) is 120 Å². The van der Waals surface area contributed by atoms with Gasteiger partial charge in [-0.3, -0.25) is 14.4 Å². The first-order valence-corrected chi connectivity index (χ1v) is 15.1. The second kappa shape index (κ2) is 13.1. The predicted octanol–water partition coefficient (Wildman–Crippen LogP) is 6.20. The van der Waals surface area contributed by atoms with Crippen molar-refractivity contribution in [1.82, 2.24) is 16.1 Å². The first-order chi connectivity index (χ1) is 19.9. The largest absolute Gasteiger partial charge is 0.506 e. The third-order valence-electron chi connectivity index (χ3n) is 6.56. The van der Waals surface area contributed by atoms with Crippen molar-refractivity contribution in [3.05, 3.63) is 98.1 Å². The lowest BCUT2D eigenvalue weighted by Gasteiger charge is -2.19. The van der Waals surface area contributed by atoms with E-state index < -0.39 is 5.91 Å². The van der Waals surface area contributed by atoms with E-state index in [1.54, 1.807) is 19.1 Å². The molecule has 0 bridgehead atoms. The highest BCUT2D eigenvalue weighted by atomic mass is 32.1. The Bertz CT molecular complexity index is 1610. The zero-order valence-corrected chi connectivity index (χ0v) is 25.8. The maximum atomic E-state index is 12.7. The first-order valence-electron chi connectivity index (χ1n) is 13.4. The summed E-state index contributed by atoms with van der Waals surface area (Å²) in [5.74, 6) is -0.698. The molecule has 0 radical (unpaired) electrons. The molecule has 42 heavy (non-hydrogen) atoms. The van der Waals surface area contributed by atoms with Crippen LogP contribution in [0.15, 0.2) is 71.1 Å². The van der Waals surface area contributed by atoms with Crippen molar-refractivity contribution < 1.29 is 19.5 Å². The Labute approximate surface area is 253 Å². The van der Waals surface area contributed by atoms with Crippen LogP contribution in [0.4, 0.5) is 0 Å². The van der Waals surface area contributed by atoms with Crippen LogP contribution in [0.1, 0.15) is 76.2 Å². The fourth-order valence-corrected chi connectivity index (χ4v) is 5.86. The number of nitrogens with one attached hydrogen (secondary N) is 3. The summed E-state index contributed by atoms with van der Waals surface area (Å²) in [6.07, 6.45) is 0. The fourth-order valence-electron chi connectivity index (χ4n) is 4.04. The molecule has 0 saturated heterocycles. The Balaban J connectivity index is 1.33. The van der Waals surface area contributed by atoms with Gasteiger partial charge in [0.15, 0.2) is 0 Å². The van der Waals surface area contributed by atoms with Gasteiger partial charge in [-0.15, -0.1) is 22.7 Å². The van der Waals surface area contributed by atoms with Crippen LogP contribution in [0.2, 0.25) is 0 Å². The maximum Gasteiger partial charge on any atom is 0.281 e. The molecule has 0 spiro atoms. The van der Waals surface area contributed by atoms with Crippen molar-refractivity contribution in [2.75, 3.05) is 0 Å². The predicted molar refractivity (Wildman–Crippen MR) is 169 cm³/mol. The number of carbonyl (C=O) groups is 3. The summed E-state index contributed by atoms with van der Waals surface area (Å²) in [4.78, 5) is 37.9. The van der Waals surface area contributed by atoms with Gasteiger partial charge in [0.1, 0.15) is 5.75 Å². The van der Waals surface area contributed by atoms with Crippen LogP contribution in [0.3, 0.4) is 0 Å². The number of hydrogen-bond donors (Lipinski definition) is 4. The molecule has 0 atom stereocenters. The summed E-state index contributed by atoms with van der Waals surface area (Å²) in [5, 5.41) is 22.5. The summed E-state index contributed by atoms with van der Waals surface area (Å²) in [6.45, 7) is 10.4. The summed E-state index contributed by atoms with van der Waals surface area (Å²) in [6, 6.07) is 18.9. The van der Waals surface area contributed by atoms with Crippen molar-refractivity contribution in [1.29, 1.82) is 0 Å². The lowest BCUT2D eigenvalue weighted by molar-refractivity contribution is -0.119. The van der Waals surface area contributed by atoms with E-state index >= 15 is 0 Å². The SMILES string of the molecule is CC(=O)NCc1ccc(CNC(=O)c2ccc(C(=O)N/N=C(\C)c3csc(-c4ccc(C(C)(C)C)cc4)c3O)s2)cc1. The standard InChI is InChI=1S/C32H34N4O4S2/c1-19(25-18-41-29(28(25)38)23-10-12-24(13-11-23)32(3,4)5)35-36-31(40)27-15-14-26(42-27)30(39)34-17-22-8-6-21(7-9-22)16-33-20(2)37/h6-15,18,38H,16-17H2,1-5H3,(H,33,37)(H,34,39)(H,36,40)/b35-19+. The molecule has 2 heterocycles. The van der Waals surface area contributed by atoms with Crippen LogP contribution >= 0.6 is 22.7 Å².